The van der Waals surface area contributed by atoms with Crippen molar-refractivity contribution in [3.05, 3.63) is 30.3 Å². The maximum absolute atomic E-state index is 13.5. The summed E-state index contributed by atoms with van der Waals surface area (Å²) in [6, 6.07) is 8.27. The number of unbranched alkanes of at least 4 members (excludes halogenated alkanes) is 1. The molecule has 5 atom stereocenters. The number of aliphatic hydroxyl groups excluding tert-OH is 1. The van der Waals surface area contributed by atoms with E-state index in [4.69, 9.17) is 4.74 Å². The summed E-state index contributed by atoms with van der Waals surface area (Å²) < 4.78 is 6.46. The second-order valence-electron chi connectivity index (χ2n) is 8.98. The summed E-state index contributed by atoms with van der Waals surface area (Å²) >= 11 is 0. The molecule has 31 heavy (non-hydrogen) atoms. The van der Waals surface area contributed by atoms with Crippen LogP contribution in [0, 0.1) is 11.8 Å². The van der Waals surface area contributed by atoms with E-state index in [1.807, 2.05) is 32.0 Å². The number of likely N-dealkylation sites (tertiary alicyclic amines) is 1. The second kappa shape index (κ2) is 8.24. The zero-order chi connectivity index (χ0) is 22.2. The van der Waals surface area contributed by atoms with Gasteiger partial charge in [-0.05, 0) is 38.3 Å². The number of fused-ring (bicyclic) bond motifs is 1. The minimum Gasteiger partial charge on any atom is -0.395 e. The van der Waals surface area contributed by atoms with Crippen LogP contribution in [0.15, 0.2) is 30.3 Å². The molecule has 0 saturated carbocycles. The van der Waals surface area contributed by atoms with E-state index >= 15 is 0 Å². The molecule has 1 aromatic carbocycles. The number of nitrogens with zero attached hydrogens (tertiary/aromatic N) is 1. The van der Waals surface area contributed by atoms with E-state index in [0.717, 1.165) is 12.8 Å². The number of benzene rings is 1. The SMILES string of the molecule is CCCCNC(=O)C1N(CCO)C(=O)[C@@H]2[C@@H](C(=O)Nc3ccccc3)[C@@]3(C)CCC12O3. The van der Waals surface area contributed by atoms with Crippen molar-refractivity contribution in [3.63, 3.8) is 0 Å². The summed E-state index contributed by atoms with van der Waals surface area (Å²) in [5, 5.41) is 15.4. The molecular weight excluding hydrogens is 398 g/mol. The number of para-hydroxylation sites is 1. The van der Waals surface area contributed by atoms with Gasteiger partial charge in [0.2, 0.25) is 17.7 Å². The van der Waals surface area contributed by atoms with E-state index < -0.39 is 29.1 Å². The highest BCUT2D eigenvalue weighted by molar-refractivity contribution is 6.02. The lowest BCUT2D eigenvalue weighted by molar-refractivity contribution is -0.145. The van der Waals surface area contributed by atoms with Crippen LogP contribution in [0.2, 0.25) is 0 Å². The van der Waals surface area contributed by atoms with Gasteiger partial charge in [-0.15, -0.1) is 0 Å². The van der Waals surface area contributed by atoms with Gasteiger partial charge in [0.25, 0.3) is 0 Å². The predicted molar refractivity (Wildman–Crippen MR) is 114 cm³/mol. The third-order valence-corrected chi connectivity index (χ3v) is 7.02. The van der Waals surface area contributed by atoms with Crippen molar-refractivity contribution in [1.29, 1.82) is 0 Å². The van der Waals surface area contributed by atoms with Crippen LogP contribution in [-0.4, -0.2) is 64.7 Å². The lowest BCUT2D eigenvalue weighted by atomic mass is 9.66. The topological polar surface area (TPSA) is 108 Å². The quantitative estimate of drug-likeness (QED) is 0.540. The third kappa shape index (κ3) is 3.42. The first-order valence-corrected chi connectivity index (χ1v) is 11.1. The zero-order valence-corrected chi connectivity index (χ0v) is 18.1. The Kier molecular flexibility index (Phi) is 5.79. The van der Waals surface area contributed by atoms with Gasteiger partial charge < -0.3 is 25.4 Å². The van der Waals surface area contributed by atoms with Crippen LogP contribution in [0.4, 0.5) is 5.69 Å². The van der Waals surface area contributed by atoms with Gasteiger partial charge in [0.05, 0.1) is 24.0 Å². The summed E-state index contributed by atoms with van der Waals surface area (Å²) in [6.07, 6.45) is 2.90. The van der Waals surface area contributed by atoms with Crippen LogP contribution in [0.25, 0.3) is 0 Å². The Morgan fingerprint density at radius 3 is 2.65 bits per heavy atom. The molecule has 3 saturated heterocycles. The largest absolute Gasteiger partial charge is 0.395 e. The fourth-order valence-electron chi connectivity index (χ4n) is 5.70. The molecule has 3 amide bonds. The van der Waals surface area contributed by atoms with Gasteiger partial charge in [-0.1, -0.05) is 31.5 Å². The molecule has 8 nitrogen and oxygen atoms in total. The summed E-state index contributed by atoms with van der Waals surface area (Å²) in [4.78, 5) is 41.4. The van der Waals surface area contributed by atoms with Crippen LogP contribution in [-0.2, 0) is 19.1 Å². The van der Waals surface area contributed by atoms with Gasteiger partial charge in [0.1, 0.15) is 11.6 Å². The number of ether oxygens (including phenoxy) is 1. The smallest absolute Gasteiger partial charge is 0.245 e. The molecule has 3 aliphatic heterocycles. The molecule has 168 valence electrons. The van der Waals surface area contributed by atoms with Gasteiger partial charge in [-0.3, -0.25) is 14.4 Å². The van der Waals surface area contributed by atoms with Crippen molar-refractivity contribution in [2.24, 2.45) is 11.8 Å². The van der Waals surface area contributed by atoms with E-state index in [1.165, 1.54) is 4.90 Å². The second-order valence-corrected chi connectivity index (χ2v) is 8.98. The molecule has 1 spiro atoms. The van der Waals surface area contributed by atoms with Crippen LogP contribution in [0.5, 0.6) is 0 Å². The molecular formula is C23H31N3O5. The molecule has 0 radical (unpaired) electrons. The molecule has 4 rings (SSSR count). The minimum absolute atomic E-state index is 0.0377. The summed E-state index contributed by atoms with van der Waals surface area (Å²) in [5.41, 5.74) is -1.21. The van der Waals surface area contributed by atoms with Crippen LogP contribution < -0.4 is 10.6 Å². The van der Waals surface area contributed by atoms with E-state index in [9.17, 15) is 19.5 Å². The molecule has 0 aliphatic carbocycles. The zero-order valence-electron chi connectivity index (χ0n) is 18.1. The molecule has 3 aliphatic rings. The van der Waals surface area contributed by atoms with Crippen molar-refractivity contribution in [1.82, 2.24) is 10.2 Å². The Hall–Kier alpha value is -2.45. The third-order valence-electron chi connectivity index (χ3n) is 7.02. The molecule has 8 heteroatoms. The highest BCUT2D eigenvalue weighted by Gasteiger charge is 2.77. The maximum atomic E-state index is 13.5. The van der Waals surface area contributed by atoms with Gasteiger partial charge in [-0.25, -0.2) is 0 Å². The molecule has 3 N–H and O–H groups in total. The number of hydrogen-bond acceptors (Lipinski definition) is 5. The number of hydrogen-bond donors (Lipinski definition) is 3. The number of carbonyl (C=O) groups excluding carboxylic acids is 3. The van der Waals surface area contributed by atoms with Gasteiger partial charge in [0.15, 0.2) is 0 Å². The predicted octanol–water partition coefficient (Wildman–Crippen LogP) is 1.30. The van der Waals surface area contributed by atoms with Crippen molar-refractivity contribution in [2.45, 2.75) is 56.8 Å². The van der Waals surface area contributed by atoms with Crippen LogP contribution >= 0.6 is 0 Å². The van der Waals surface area contributed by atoms with E-state index in [0.29, 0.717) is 25.1 Å². The first-order valence-electron chi connectivity index (χ1n) is 11.1. The summed E-state index contributed by atoms with van der Waals surface area (Å²) in [7, 11) is 0. The van der Waals surface area contributed by atoms with Crippen molar-refractivity contribution < 1.29 is 24.2 Å². The van der Waals surface area contributed by atoms with Crippen molar-refractivity contribution >= 4 is 23.4 Å². The Balaban J connectivity index is 1.66. The monoisotopic (exact) mass is 429 g/mol. The molecule has 3 heterocycles. The number of anilines is 1. The van der Waals surface area contributed by atoms with E-state index in [2.05, 4.69) is 10.6 Å². The van der Waals surface area contributed by atoms with E-state index in [1.54, 1.807) is 12.1 Å². The Bertz CT molecular complexity index is 862. The highest BCUT2D eigenvalue weighted by atomic mass is 16.5. The van der Waals surface area contributed by atoms with Gasteiger partial charge in [-0.2, -0.15) is 0 Å². The lowest BCUT2D eigenvalue weighted by Gasteiger charge is -2.33. The number of rotatable bonds is 8. The van der Waals surface area contributed by atoms with Gasteiger partial charge in [0, 0.05) is 18.8 Å². The Morgan fingerprint density at radius 2 is 1.97 bits per heavy atom. The fourth-order valence-corrected chi connectivity index (χ4v) is 5.70. The normalized spacial score (nSPS) is 33.5. The molecule has 0 aromatic heterocycles. The lowest BCUT2D eigenvalue weighted by Crippen LogP contribution is -2.55. The molecule has 2 unspecified atom stereocenters. The average Bonchev–Trinajstić information content (AvgIpc) is 3.30. The first kappa shape index (κ1) is 21.8. The molecule has 1 aromatic rings. The van der Waals surface area contributed by atoms with Crippen LogP contribution in [0.1, 0.15) is 39.5 Å². The summed E-state index contributed by atoms with van der Waals surface area (Å²) in [6.45, 7) is 4.20. The minimum atomic E-state index is -1.05. The Labute approximate surface area is 182 Å². The molecule has 2 bridgehead atoms. The summed E-state index contributed by atoms with van der Waals surface area (Å²) in [5.74, 6) is -2.29. The standard InChI is InChI=1S/C23H31N3O5/c1-3-4-12-24-20(29)18-23-11-10-22(2,31-23)16(17(23)21(30)26(18)13-14-27)19(28)25-15-8-6-5-7-9-15/h5-9,16-18,27H,3-4,10-14H2,1-2H3,(H,24,29)(H,25,28)/t16-,17-,18?,22+,23?/m0/s1. The van der Waals surface area contributed by atoms with E-state index in [-0.39, 0.29) is 30.9 Å². The number of β-amino-alcohol motifs (C(OH)–C–C–N with tert-alkyl or cyclic N) is 1. The fraction of sp³-hybridized carbons (Fsp3) is 0.609. The van der Waals surface area contributed by atoms with Crippen LogP contribution in [0.3, 0.4) is 0 Å². The number of aliphatic hydroxyl groups is 1. The highest BCUT2D eigenvalue weighted by Crippen LogP contribution is 2.63. The maximum Gasteiger partial charge on any atom is 0.245 e. The number of nitrogens with one attached hydrogen (secondary N) is 2. The average molecular weight is 430 g/mol. The Morgan fingerprint density at radius 1 is 1.23 bits per heavy atom. The van der Waals surface area contributed by atoms with Crippen molar-refractivity contribution in [3.8, 4) is 0 Å². The van der Waals surface area contributed by atoms with Gasteiger partial charge >= 0.3 is 0 Å². The number of amides is 3. The van der Waals surface area contributed by atoms with Crippen molar-refractivity contribution in [2.75, 3.05) is 25.0 Å². The first-order chi connectivity index (χ1) is 14.9. The number of carbonyl (C=O) groups is 3. The molecule has 3 fully saturated rings.